The van der Waals surface area contributed by atoms with E-state index < -0.39 is 6.09 Å². The van der Waals surface area contributed by atoms with Crippen molar-refractivity contribution >= 4 is 12.2 Å². The summed E-state index contributed by atoms with van der Waals surface area (Å²) >= 11 is 0. The Kier molecular flexibility index (Phi) is 5.81. The second-order valence-corrected chi connectivity index (χ2v) is 5.26. The molecule has 0 aromatic heterocycles. The number of nitrogens with zero attached hydrogens (tertiary/aromatic N) is 1. The third kappa shape index (κ3) is 5.29. The minimum atomic E-state index is -0.473. The van der Waals surface area contributed by atoms with Crippen molar-refractivity contribution in [3.05, 3.63) is 35.4 Å². The van der Waals surface area contributed by atoms with E-state index in [9.17, 15) is 9.59 Å². The Hall–Kier alpha value is -2.31. The maximum Gasteiger partial charge on any atom is 0.413 e. The van der Waals surface area contributed by atoms with E-state index in [1.54, 1.807) is 24.3 Å². The highest BCUT2D eigenvalue weighted by molar-refractivity contribution is 5.68. The standard InChI is InChI=1S/C16H18N2O3/c19-12-17-10-13-5-4-6-14(9-13)11-18-16(20)21-15-7-2-1-3-8-15/h1-2,7,13-14H,4-6,9-11H2,(H,18,20). The van der Waals surface area contributed by atoms with Gasteiger partial charge in [-0.25, -0.2) is 14.6 Å². The van der Waals surface area contributed by atoms with E-state index in [4.69, 9.17) is 4.74 Å². The minimum absolute atomic E-state index is 0.358. The Morgan fingerprint density at radius 1 is 1.48 bits per heavy atom. The van der Waals surface area contributed by atoms with E-state index in [-0.39, 0.29) is 0 Å². The number of carbonyl (C=O) groups excluding carboxylic acids is 2. The molecule has 110 valence electrons. The summed E-state index contributed by atoms with van der Waals surface area (Å²) in [5, 5.41) is 2.77. The van der Waals surface area contributed by atoms with E-state index in [2.05, 4.69) is 21.8 Å². The molecule has 21 heavy (non-hydrogen) atoms. The van der Waals surface area contributed by atoms with Gasteiger partial charge in [-0.2, -0.15) is 0 Å². The lowest BCUT2D eigenvalue weighted by Gasteiger charge is -2.27. The molecule has 5 heteroatoms. The number of aliphatic imine (C=N–C) groups is 1. The molecule has 1 N–H and O–H groups in total. The van der Waals surface area contributed by atoms with Crippen molar-refractivity contribution < 1.29 is 14.3 Å². The molecule has 0 aromatic rings. The smallest absolute Gasteiger partial charge is 0.401 e. The van der Waals surface area contributed by atoms with Crippen molar-refractivity contribution in [3.63, 3.8) is 0 Å². The molecule has 1 saturated carbocycles. The van der Waals surface area contributed by atoms with Gasteiger partial charge < -0.3 is 10.1 Å². The highest BCUT2D eigenvalue weighted by Crippen LogP contribution is 2.28. The van der Waals surface area contributed by atoms with E-state index >= 15 is 0 Å². The van der Waals surface area contributed by atoms with E-state index in [1.807, 2.05) is 0 Å². The van der Waals surface area contributed by atoms with Crippen molar-refractivity contribution in [2.75, 3.05) is 13.1 Å². The van der Waals surface area contributed by atoms with Crippen LogP contribution in [0.25, 0.3) is 0 Å². The van der Waals surface area contributed by atoms with Crippen molar-refractivity contribution in [2.45, 2.75) is 25.7 Å². The highest BCUT2D eigenvalue weighted by atomic mass is 16.6. The van der Waals surface area contributed by atoms with Crippen molar-refractivity contribution in [1.82, 2.24) is 5.32 Å². The summed E-state index contributed by atoms with van der Waals surface area (Å²) in [5.41, 5.74) is 5.44. The van der Waals surface area contributed by atoms with Gasteiger partial charge in [-0.3, -0.25) is 0 Å². The van der Waals surface area contributed by atoms with Gasteiger partial charge in [0.2, 0.25) is 6.08 Å². The molecule has 2 atom stereocenters. The number of ether oxygens (including phenoxy) is 1. The average molecular weight is 286 g/mol. The largest absolute Gasteiger partial charge is 0.413 e. The first-order valence-electron chi connectivity index (χ1n) is 7.15. The summed E-state index contributed by atoms with van der Waals surface area (Å²) in [5.74, 6) is 1.18. The molecule has 0 heterocycles. The van der Waals surface area contributed by atoms with Gasteiger partial charge in [-0.15, -0.1) is 0 Å². The Bertz CT molecular complexity index is 560. The van der Waals surface area contributed by atoms with E-state index in [0.29, 0.717) is 30.7 Å². The lowest BCUT2D eigenvalue weighted by molar-refractivity contribution is 0.173. The topological polar surface area (TPSA) is 67.8 Å². The fraction of sp³-hybridized carbons (Fsp3) is 0.500. The molecule has 2 aliphatic carbocycles. The third-order valence-corrected chi connectivity index (χ3v) is 3.67. The van der Waals surface area contributed by atoms with Gasteiger partial charge in [0.25, 0.3) is 0 Å². The molecule has 1 amide bonds. The Morgan fingerprint density at radius 3 is 3.10 bits per heavy atom. The quantitative estimate of drug-likeness (QED) is 0.480. The van der Waals surface area contributed by atoms with Crippen LogP contribution in [0.4, 0.5) is 4.79 Å². The van der Waals surface area contributed by atoms with Crippen molar-refractivity contribution in [1.29, 1.82) is 0 Å². The first-order valence-corrected chi connectivity index (χ1v) is 7.15. The number of hydrogen-bond donors (Lipinski definition) is 1. The van der Waals surface area contributed by atoms with Crippen molar-refractivity contribution in [2.24, 2.45) is 16.8 Å². The fourth-order valence-electron chi connectivity index (χ4n) is 2.68. The molecule has 0 radical (unpaired) electrons. The summed E-state index contributed by atoms with van der Waals surface area (Å²) in [7, 11) is 0. The second-order valence-electron chi connectivity index (χ2n) is 5.26. The van der Waals surface area contributed by atoms with Crippen LogP contribution in [0.5, 0.6) is 0 Å². The maximum atomic E-state index is 11.7. The fourth-order valence-corrected chi connectivity index (χ4v) is 2.68. The molecule has 5 nitrogen and oxygen atoms in total. The van der Waals surface area contributed by atoms with E-state index in [0.717, 1.165) is 25.7 Å². The Morgan fingerprint density at radius 2 is 2.33 bits per heavy atom. The van der Waals surface area contributed by atoms with Crippen LogP contribution >= 0.6 is 0 Å². The zero-order chi connectivity index (χ0) is 14.9. The second kappa shape index (κ2) is 8.08. The predicted molar refractivity (Wildman–Crippen MR) is 77.2 cm³/mol. The maximum absolute atomic E-state index is 11.7. The van der Waals surface area contributed by atoms with Gasteiger partial charge in [0.1, 0.15) is 0 Å². The molecule has 2 unspecified atom stereocenters. The van der Waals surface area contributed by atoms with Gasteiger partial charge in [0.15, 0.2) is 5.76 Å². The van der Waals surface area contributed by atoms with Crippen LogP contribution in [0.2, 0.25) is 0 Å². The van der Waals surface area contributed by atoms with Gasteiger partial charge in [-0.05, 0) is 55.1 Å². The number of rotatable bonds is 5. The van der Waals surface area contributed by atoms with Gasteiger partial charge in [-0.1, -0.05) is 12.2 Å². The molecule has 0 bridgehead atoms. The van der Waals surface area contributed by atoms with Crippen LogP contribution in [0.3, 0.4) is 0 Å². The highest BCUT2D eigenvalue weighted by Gasteiger charge is 2.22. The van der Waals surface area contributed by atoms with Crippen LogP contribution < -0.4 is 5.32 Å². The Balaban J connectivity index is 1.73. The molecule has 0 aromatic carbocycles. The van der Waals surface area contributed by atoms with Gasteiger partial charge in [0.05, 0.1) is 6.54 Å². The molecule has 0 saturated heterocycles. The average Bonchev–Trinajstić information content (AvgIpc) is 2.52. The normalized spacial score (nSPS) is 23.1. The van der Waals surface area contributed by atoms with Gasteiger partial charge >= 0.3 is 6.09 Å². The summed E-state index contributed by atoms with van der Waals surface area (Å²) in [4.78, 5) is 25.5. The molecule has 0 spiro atoms. The summed E-state index contributed by atoms with van der Waals surface area (Å²) < 4.78 is 5.09. The molecule has 1 fully saturated rings. The van der Waals surface area contributed by atoms with Crippen LogP contribution in [0.1, 0.15) is 25.7 Å². The predicted octanol–water partition coefficient (Wildman–Crippen LogP) is 2.62. The molecule has 0 aliphatic heterocycles. The number of amides is 1. The van der Waals surface area contributed by atoms with Crippen LogP contribution in [0.15, 0.2) is 40.4 Å². The third-order valence-electron chi connectivity index (χ3n) is 3.67. The minimum Gasteiger partial charge on any atom is -0.401 e. The molecule has 2 aliphatic rings. The first kappa shape index (κ1) is 15.1. The number of isocyanates is 1. The van der Waals surface area contributed by atoms with Gasteiger partial charge in [0, 0.05) is 6.54 Å². The lowest BCUT2D eigenvalue weighted by atomic mass is 9.81. The Labute approximate surface area is 123 Å². The van der Waals surface area contributed by atoms with Crippen LogP contribution in [-0.2, 0) is 9.53 Å². The van der Waals surface area contributed by atoms with Crippen LogP contribution in [0, 0.1) is 11.8 Å². The SMILES string of the molecule is O=C=NCC1CCCC(CNC(=O)OC2=C=C=CC=C2)C1. The summed E-state index contributed by atoms with van der Waals surface area (Å²) in [6, 6.07) is 0. The zero-order valence-corrected chi connectivity index (χ0v) is 11.8. The number of carbonyl (C=O) groups is 1. The summed E-state index contributed by atoms with van der Waals surface area (Å²) in [6.45, 7) is 1.12. The molecule has 2 rings (SSSR count). The first-order chi connectivity index (χ1) is 10.3. The van der Waals surface area contributed by atoms with Crippen LogP contribution in [-0.4, -0.2) is 25.3 Å². The number of allylic oxidation sites excluding steroid dienone is 3. The molecular formula is C16H18N2O3. The van der Waals surface area contributed by atoms with E-state index in [1.165, 1.54) is 0 Å². The molecular weight excluding hydrogens is 268 g/mol. The number of alkyl carbamates (subject to hydrolysis) is 1. The zero-order valence-electron chi connectivity index (χ0n) is 11.8. The monoisotopic (exact) mass is 286 g/mol. The summed E-state index contributed by atoms with van der Waals surface area (Å²) in [6.07, 6.45) is 10.4. The number of nitrogens with one attached hydrogen (secondary N) is 1. The lowest BCUT2D eigenvalue weighted by Crippen LogP contribution is -2.32. The van der Waals surface area contributed by atoms with Crippen molar-refractivity contribution in [3.8, 4) is 0 Å². The number of hydrogen-bond acceptors (Lipinski definition) is 4.